The Morgan fingerprint density at radius 1 is 1.50 bits per heavy atom. The van der Waals surface area contributed by atoms with Gasteiger partial charge in [0.1, 0.15) is 11.4 Å². The largest absolute Gasteiger partial charge is 0.462 e. The molecule has 7 heteroatoms. The lowest BCUT2D eigenvalue weighted by Gasteiger charge is -2.12. The van der Waals surface area contributed by atoms with Gasteiger partial charge in [-0.05, 0) is 18.8 Å². The highest BCUT2D eigenvalue weighted by Gasteiger charge is 2.49. The SMILES string of the molecule is CCOC(=O)c1cnc(C2CC2(C)C)nc1C(F)(F)F. The molecule has 1 saturated carbocycles. The summed E-state index contributed by atoms with van der Waals surface area (Å²) in [7, 11) is 0. The molecular weight excluding hydrogens is 273 g/mol. The molecule has 0 spiro atoms. The molecule has 1 aliphatic rings. The summed E-state index contributed by atoms with van der Waals surface area (Å²) in [5.74, 6) is -1.02. The summed E-state index contributed by atoms with van der Waals surface area (Å²) in [5.41, 5.74) is -1.95. The molecule has 2 rings (SSSR count). The van der Waals surface area contributed by atoms with Crippen LogP contribution in [0.5, 0.6) is 0 Å². The van der Waals surface area contributed by atoms with Gasteiger partial charge in [-0.15, -0.1) is 0 Å². The molecule has 110 valence electrons. The van der Waals surface area contributed by atoms with Crippen LogP contribution in [0.4, 0.5) is 13.2 Å². The first-order chi connectivity index (χ1) is 9.16. The number of aromatic nitrogens is 2. The third-order valence-electron chi connectivity index (χ3n) is 3.40. The Kier molecular flexibility index (Phi) is 3.47. The van der Waals surface area contributed by atoms with Crippen LogP contribution in [-0.2, 0) is 10.9 Å². The van der Waals surface area contributed by atoms with Gasteiger partial charge in [0.15, 0.2) is 5.69 Å². The van der Waals surface area contributed by atoms with E-state index in [1.165, 1.54) is 6.92 Å². The Balaban J connectivity index is 2.42. The fourth-order valence-corrected chi connectivity index (χ4v) is 2.05. The lowest BCUT2D eigenvalue weighted by atomic mass is 10.1. The summed E-state index contributed by atoms with van der Waals surface area (Å²) in [6.45, 7) is 5.39. The van der Waals surface area contributed by atoms with E-state index in [2.05, 4.69) is 14.7 Å². The van der Waals surface area contributed by atoms with Crippen molar-refractivity contribution in [2.75, 3.05) is 6.61 Å². The van der Waals surface area contributed by atoms with Gasteiger partial charge in [0, 0.05) is 12.1 Å². The molecule has 1 aromatic rings. The summed E-state index contributed by atoms with van der Waals surface area (Å²) in [5, 5.41) is 0. The van der Waals surface area contributed by atoms with Gasteiger partial charge in [-0.1, -0.05) is 13.8 Å². The minimum atomic E-state index is -4.71. The van der Waals surface area contributed by atoms with E-state index < -0.39 is 23.4 Å². The summed E-state index contributed by atoms with van der Waals surface area (Å²) < 4.78 is 43.6. The molecule has 4 nitrogen and oxygen atoms in total. The van der Waals surface area contributed by atoms with Gasteiger partial charge in [-0.3, -0.25) is 0 Å². The first kappa shape index (κ1) is 14.7. The lowest BCUT2D eigenvalue weighted by molar-refractivity contribution is -0.142. The van der Waals surface area contributed by atoms with Gasteiger partial charge < -0.3 is 4.74 Å². The van der Waals surface area contributed by atoms with Crippen LogP contribution >= 0.6 is 0 Å². The molecule has 0 N–H and O–H groups in total. The Morgan fingerprint density at radius 2 is 2.10 bits per heavy atom. The molecule has 1 aromatic heterocycles. The van der Waals surface area contributed by atoms with E-state index in [1.807, 2.05) is 13.8 Å². The summed E-state index contributed by atoms with van der Waals surface area (Å²) >= 11 is 0. The monoisotopic (exact) mass is 288 g/mol. The fraction of sp³-hybridized carbons (Fsp3) is 0.615. The molecule has 0 saturated heterocycles. The molecule has 0 bridgehead atoms. The lowest BCUT2D eigenvalue weighted by Crippen LogP contribution is -2.19. The van der Waals surface area contributed by atoms with Crippen molar-refractivity contribution < 1.29 is 22.7 Å². The zero-order valence-electron chi connectivity index (χ0n) is 11.4. The number of nitrogens with zero attached hydrogens (tertiary/aromatic N) is 2. The zero-order valence-corrected chi connectivity index (χ0v) is 11.4. The maximum absolute atomic E-state index is 13.0. The Hall–Kier alpha value is -1.66. The molecule has 1 heterocycles. The predicted molar refractivity (Wildman–Crippen MR) is 64.1 cm³/mol. The van der Waals surface area contributed by atoms with Crippen molar-refractivity contribution in [2.45, 2.75) is 39.3 Å². The number of alkyl halides is 3. The van der Waals surface area contributed by atoms with E-state index in [0.29, 0.717) is 0 Å². The fourth-order valence-electron chi connectivity index (χ4n) is 2.05. The van der Waals surface area contributed by atoms with Crippen LogP contribution in [0.15, 0.2) is 6.20 Å². The number of carbonyl (C=O) groups excluding carboxylic acids is 1. The second-order valence-corrected chi connectivity index (χ2v) is 5.45. The summed E-state index contributed by atoms with van der Waals surface area (Å²) in [4.78, 5) is 19.0. The number of hydrogen-bond acceptors (Lipinski definition) is 4. The topological polar surface area (TPSA) is 52.1 Å². The van der Waals surface area contributed by atoms with Gasteiger partial charge in [-0.25, -0.2) is 14.8 Å². The molecule has 0 aromatic carbocycles. The van der Waals surface area contributed by atoms with E-state index in [-0.39, 0.29) is 23.8 Å². The van der Waals surface area contributed by atoms with Crippen LogP contribution in [0.3, 0.4) is 0 Å². The van der Waals surface area contributed by atoms with Crippen LogP contribution in [0.25, 0.3) is 0 Å². The number of ether oxygens (including phenoxy) is 1. The van der Waals surface area contributed by atoms with Crippen molar-refractivity contribution in [3.8, 4) is 0 Å². The second-order valence-electron chi connectivity index (χ2n) is 5.45. The second kappa shape index (κ2) is 4.71. The molecule has 1 atom stereocenters. The first-order valence-electron chi connectivity index (χ1n) is 6.28. The van der Waals surface area contributed by atoms with E-state index in [4.69, 9.17) is 0 Å². The van der Waals surface area contributed by atoms with Crippen molar-refractivity contribution in [1.82, 2.24) is 9.97 Å². The van der Waals surface area contributed by atoms with Crippen LogP contribution in [0.1, 0.15) is 55.0 Å². The first-order valence-corrected chi connectivity index (χ1v) is 6.28. The molecule has 1 aliphatic carbocycles. The van der Waals surface area contributed by atoms with Crippen LogP contribution < -0.4 is 0 Å². The van der Waals surface area contributed by atoms with Crippen LogP contribution in [-0.4, -0.2) is 22.5 Å². The predicted octanol–water partition coefficient (Wildman–Crippen LogP) is 3.19. The zero-order chi connectivity index (χ0) is 15.1. The van der Waals surface area contributed by atoms with E-state index in [9.17, 15) is 18.0 Å². The van der Waals surface area contributed by atoms with Crippen molar-refractivity contribution in [1.29, 1.82) is 0 Å². The standard InChI is InChI=1S/C13H15F3N2O2/c1-4-20-11(19)7-6-17-10(8-5-12(8,2)3)18-9(7)13(14,15)16/h6,8H,4-5H2,1-3H3. The molecule has 0 radical (unpaired) electrons. The van der Waals surface area contributed by atoms with Gasteiger partial charge >= 0.3 is 12.1 Å². The Bertz CT molecular complexity index is 541. The highest BCUT2D eigenvalue weighted by Crippen LogP contribution is 2.57. The average molecular weight is 288 g/mol. The maximum Gasteiger partial charge on any atom is 0.434 e. The number of esters is 1. The molecule has 1 fully saturated rings. The minimum Gasteiger partial charge on any atom is -0.462 e. The molecular formula is C13H15F3N2O2. The van der Waals surface area contributed by atoms with Crippen molar-refractivity contribution in [3.63, 3.8) is 0 Å². The van der Waals surface area contributed by atoms with Gasteiger partial charge in [0.05, 0.1) is 6.61 Å². The highest BCUT2D eigenvalue weighted by molar-refractivity contribution is 5.90. The van der Waals surface area contributed by atoms with Gasteiger partial charge in [-0.2, -0.15) is 13.2 Å². The highest BCUT2D eigenvalue weighted by atomic mass is 19.4. The van der Waals surface area contributed by atoms with E-state index in [0.717, 1.165) is 12.6 Å². The summed E-state index contributed by atoms with van der Waals surface area (Å²) in [6.07, 6.45) is -3.06. The van der Waals surface area contributed by atoms with Crippen molar-refractivity contribution in [3.05, 3.63) is 23.3 Å². The van der Waals surface area contributed by atoms with E-state index >= 15 is 0 Å². The number of carbonyl (C=O) groups is 1. The number of halogens is 3. The minimum absolute atomic E-state index is 0.00641. The van der Waals surface area contributed by atoms with E-state index in [1.54, 1.807) is 0 Å². The molecule has 20 heavy (non-hydrogen) atoms. The smallest absolute Gasteiger partial charge is 0.434 e. The third kappa shape index (κ3) is 2.76. The normalized spacial score (nSPS) is 20.6. The van der Waals surface area contributed by atoms with Gasteiger partial charge in [0.2, 0.25) is 0 Å². The average Bonchev–Trinajstić information content (AvgIpc) is 2.97. The van der Waals surface area contributed by atoms with Gasteiger partial charge in [0.25, 0.3) is 0 Å². The quantitative estimate of drug-likeness (QED) is 0.802. The van der Waals surface area contributed by atoms with Crippen LogP contribution in [0, 0.1) is 5.41 Å². The maximum atomic E-state index is 13.0. The number of hydrogen-bond donors (Lipinski definition) is 0. The Labute approximate surface area is 114 Å². The number of rotatable bonds is 3. The van der Waals surface area contributed by atoms with Crippen molar-refractivity contribution in [2.24, 2.45) is 5.41 Å². The van der Waals surface area contributed by atoms with Crippen LogP contribution in [0.2, 0.25) is 0 Å². The Morgan fingerprint density at radius 3 is 2.55 bits per heavy atom. The summed E-state index contributed by atoms with van der Waals surface area (Å²) in [6, 6.07) is 0. The molecule has 0 aliphatic heterocycles. The molecule has 0 amide bonds. The van der Waals surface area contributed by atoms with Crippen molar-refractivity contribution >= 4 is 5.97 Å². The third-order valence-corrected chi connectivity index (χ3v) is 3.40. The molecule has 1 unspecified atom stereocenters.